The van der Waals surface area contributed by atoms with Gasteiger partial charge in [0.25, 0.3) is 0 Å². The zero-order valence-electron chi connectivity index (χ0n) is 14.4. The molecule has 1 aromatic heterocycles. The predicted molar refractivity (Wildman–Crippen MR) is 96.6 cm³/mol. The smallest absolute Gasteiger partial charge is 0.212 e. The van der Waals surface area contributed by atoms with Gasteiger partial charge >= 0.3 is 0 Å². The molecule has 0 spiro atoms. The number of hydrogen-bond acceptors (Lipinski definition) is 8. The van der Waals surface area contributed by atoms with Crippen LogP contribution in [0.4, 0.5) is 5.95 Å². The predicted octanol–water partition coefficient (Wildman–Crippen LogP) is 0.461. The molecular weight excluding hydrogens is 350 g/mol. The van der Waals surface area contributed by atoms with Crippen LogP contribution in [0, 0.1) is 0 Å². The minimum atomic E-state index is -1.31. The van der Waals surface area contributed by atoms with Crippen LogP contribution >= 0.6 is 0 Å². The van der Waals surface area contributed by atoms with Crippen LogP contribution in [0.25, 0.3) is 11.0 Å². The Morgan fingerprint density at radius 3 is 2.89 bits per heavy atom. The number of rotatable bonds is 5. The van der Waals surface area contributed by atoms with Crippen LogP contribution < -0.4 is 25.6 Å². The van der Waals surface area contributed by atoms with E-state index in [1.165, 1.54) is 7.11 Å². The zero-order valence-corrected chi connectivity index (χ0v) is 14.4. The van der Waals surface area contributed by atoms with E-state index < -0.39 is 18.7 Å². The number of benzene rings is 2. The molecule has 0 fully saturated rings. The van der Waals surface area contributed by atoms with E-state index in [-0.39, 0.29) is 5.96 Å². The number of guanidine groups is 1. The molecule has 1 aliphatic heterocycles. The number of carboxylic acid groups (broad SMARTS) is 1. The third-order valence-corrected chi connectivity index (χ3v) is 4.17. The molecule has 2 heterocycles. The van der Waals surface area contributed by atoms with Crippen LogP contribution in [0.15, 0.2) is 47.5 Å². The van der Waals surface area contributed by atoms with Gasteiger partial charge in [0.15, 0.2) is 23.6 Å². The van der Waals surface area contributed by atoms with Crippen LogP contribution in [0.2, 0.25) is 0 Å². The molecule has 9 heteroatoms. The number of anilines is 1. The lowest BCUT2D eigenvalue weighted by Gasteiger charge is -2.24. The molecule has 0 aliphatic carbocycles. The van der Waals surface area contributed by atoms with E-state index >= 15 is 0 Å². The molecule has 9 nitrogen and oxygen atoms in total. The fraction of sp³-hybridized carbons (Fsp3) is 0.167. The van der Waals surface area contributed by atoms with Crippen LogP contribution in [0.5, 0.6) is 11.5 Å². The summed E-state index contributed by atoms with van der Waals surface area (Å²) in [4.78, 5) is 19.7. The number of carbonyl (C=O) groups is 1. The first-order valence-electron chi connectivity index (χ1n) is 8.14. The molecule has 2 aromatic carbocycles. The summed E-state index contributed by atoms with van der Waals surface area (Å²) in [6, 6.07) is 12.8. The maximum atomic E-state index is 10.6. The number of carboxylic acids is 1. The topological polar surface area (TPSA) is 127 Å². The third-order valence-electron chi connectivity index (χ3n) is 4.17. The summed E-state index contributed by atoms with van der Waals surface area (Å²) >= 11 is 0. The van der Waals surface area contributed by atoms with Crippen molar-refractivity contribution in [2.45, 2.75) is 6.17 Å². The summed E-state index contributed by atoms with van der Waals surface area (Å²) in [5.74, 6) is 0.203. The molecule has 27 heavy (non-hydrogen) atoms. The van der Waals surface area contributed by atoms with E-state index in [2.05, 4.69) is 15.3 Å². The lowest BCUT2D eigenvalue weighted by atomic mass is 10.1. The Kier molecular flexibility index (Phi) is 4.03. The minimum Gasteiger partial charge on any atom is -0.546 e. The third kappa shape index (κ3) is 2.99. The number of aliphatic carboxylic acids is 1. The minimum absolute atomic E-state index is 0.249. The molecule has 3 N–H and O–H groups in total. The van der Waals surface area contributed by atoms with Gasteiger partial charge in [0.2, 0.25) is 5.95 Å². The van der Waals surface area contributed by atoms with E-state index in [1.807, 2.05) is 28.8 Å². The molecular formula is C18H16N5O4-. The number of carbonyl (C=O) groups excluding carboxylic acids is 1. The van der Waals surface area contributed by atoms with Gasteiger partial charge in [-0.15, -0.1) is 0 Å². The second-order valence-electron chi connectivity index (χ2n) is 5.88. The van der Waals surface area contributed by atoms with Gasteiger partial charge in [0.05, 0.1) is 24.1 Å². The quantitative estimate of drug-likeness (QED) is 0.671. The Morgan fingerprint density at radius 2 is 2.11 bits per heavy atom. The molecule has 0 amide bonds. The van der Waals surface area contributed by atoms with Crippen molar-refractivity contribution in [3.63, 3.8) is 0 Å². The molecule has 0 radical (unpaired) electrons. The molecule has 0 saturated carbocycles. The van der Waals surface area contributed by atoms with Gasteiger partial charge in [-0.2, -0.15) is 0 Å². The number of nitrogens with two attached hydrogens (primary N) is 1. The number of aromatic nitrogens is 2. The molecule has 1 unspecified atom stereocenters. The van der Waals surface area contributed by atoms with Gasteiger partial charge in [-0.05, 0) is 24.3 Å². The van der Waals surface area contributed by atoms with Crippen molar-refractivity contribution in [2.24, 2.45) is 10.7 Å². The second kappa shape index (κ2) is 6.52. The summed E-state index contributed by atoms with van der Waals surface area (Å²) < 4.78 is 12.5. The number of fused-ring (bicyclic) bond motifs is 3. The van der Waals surface area contributed by atoms with Crippen molar-refractivity contribution in [3.8, 4) is 11.5 Å². The summed E-state index contributed by atoms with van der Waals surface area (Å²) in [6.07, 6.45) is -0.460. The largest absolute Gasteiger partial charge is 0.546 e. The molecule has 1 atom stereocenters. The Labute approximate surface area is 154 Å². The lowest BCUT2D eigenvalue weighted by molar-refractivity contribution is -0.307. The molecule has 0 bridgehead atoms. The van der Waals surface area contributed by atoms with Crippen molar-refractivity contribution in [3.05, 3.63) is 48.0 Å². The fourth-order valence-electron chi connectivity index (χ4n) is 3.04. The molecule has 1 aliphatic rings. The maximum Gasteiger partial charge on any atom is 0.212 e. The van der Waals surface area contributed by atoms with E-state index in [9.17, 15) is 9.90 Å². The number of ether oxygens (including phenoxy) is 2. The summed E-state index contributed by atoms with van der Waals surface area (Å²) in [5, 5.41) is 13.6. The number of nitrogens with zero attached hydrogens (tertiary/aromatic N) is 3. The highest BCUT2D eigenvalue weighted by Gasteiger charge is 2.25. The van der Waals surface area contributed by atoms with Gasteiger partial charge in [-0.25, -0.2) is 9.98 Å². The SMILES string of the molecule is COc1cc(C2N=C(N)Nc3nc4ccccc4n32)ccc1OCC(=O)[O-]. The Bertz CT molecular complexity index is 1060. The molecule has 3 aromatic rings. The first-order chi connectivity index (χ1) is 13.1. The van der Waals surface area contributed by atoms with Gasteiger partial charge in [0.1, 0.15) is 6.61 Å². The van der Waals surface area contributed by atoms with E-state index in [1.54, 1.807) is 18.2 Å². The lowest BCUT2D eigenvalue weighted by Crippen LogP contribution is -2.31. The van der Waals surface area contributed by atoms with E-state index in [0.717, 1.165) is 16.6 Å². The average molecular weight is 366 g/mol. The monoisotopic (exact) mass is 366 g/mol. The van der Waals surface area contributed by atoms with Gasteiger partial charge in [0, 0.05) is 5.56 Å². The van der Waals surface area contributed by atoms with Crippen molar-refractivity contribution < 1.29 is 19.4 Å². The number of methoxy groups -OCH3 is 1. The van der Waals surface area contributed by atoms with Crippen molar-refractivity contribution in [1.29, 1.82) is 0 Å². The zero-order chi connectivity index (χ0) is 19.0. The van der Waals surface area contributed by atoms with Crippen molar-refractivity contribution >= 4 is 28.9 Å². The average Bonchev–Trinajstić information content (AvgIpc) is 3.03. The Balaban J connectivity index is 1.79. The van der Waals surface area contributed by atoms with Crippen LogP contribution in [0.1, 0.15) is 11.7 Å². The van der Waals surface area contributed by atoms with Crippen molar-refractivity contribution in [1.82, 2.24) is 9.55 Å². The highest BCUT2D eigenvalue weighted by atomic mass is 16.5. The Morgan fingerprint density at radius 1 is 1.30 bits per heavy atom. The molecule has 4 rings (SSSR count). The summed E-state index contributed by atoms with van der Waals surface area (Å²) in [7, 11) is 1.48. The van der Waals surface area contributed by atoms with E-state index in [0.29, 0.717) is 17.4 Å². The number of imidazole rings is 1. The van der Waals surface area contributed by atoms with Crippen LogP contribution in [-0.4, -0.2) is 35.2 Å². The van der Waals surface area contributed by atoms with Gasteiger partial charge < -0.3 is 25.1 Å². The standard InChI is InChI=1S/C18H17N5O4/c1-26-14-8-10(6-7-13(14)27-9-15(24)25)16-21-17(19)22-18-20-11-4-2-3-5-12(11)23(16)18/h2-8,16H,9H2,1H3,(H,24,25)(H3,19,20,21,22)/p-1. The van der Waals surface area contributed by atoms with Crippen LogP contribution in [0.3, 0.4) is 0 Å². The number of hydrogen-bond donors (Lipinski definition) is 2. The van der Waals surface area contributed by atoms with Crippen molar-refractivity contribution in [2.75, 3.05) is 19.0 Å². The molecule has 138 valence electrons. The highest BCUT2D eigenvalue weighted by molar-refractivity contribution is 5.94. The number of nitrogens with one attached hydrogen (secondary N) is 1. The first kappa shape index (κ1) is 16.7. The van der Waals surface area contributed by atoms with Gasteiger partial charge in [-0.3, -0.25) is 9.88 Å². The van der Waals surface area contributed by atoms with E-state index in [4.69, 9.17) is 15.2 Å². The number of aliphatic imine (C=N–C) groups is 1. The maximum absolute atomic E-state index is 10.6. The highest BCUT2D eigenvalue weighted by Crippen LogP contribution is 2.36. The Hall–Kier alpha value is -3.75. The first-order valence-corrected chi connectivity index (χ1v) is 8.14. The summed E-state index contributed by atoms with van der Waals surface area (Å²) in [5.41, 5.74) is 8.43. The summed E-state index contributed by atoms with van der Waals surface area (Å²) in [6.45, 7) is -0.565. The normalized spacial score (nSPS) is 15.6. The second-order valence-corrected chi connectivity index (χ2v) is 5.88. The number of para-hydroxylation sites is 2. The molecule has 0 saturated heterocycles. The van der Waals surface area contributed by atoms with Gasteiger partial charge in [-0.1, -0.05) is 18.2 Å². The fourth-order valence-corrected chi connectivity index (χ4v) is 3.04. The van der Waals surface area contributed by atoms with Crippen LogP contribution in [-0.2, 0) is 4.79 Å².